The number of rotatable bonds is 6. The monoisotopic (exact) mass is 354 g/mol. The highest BCUT2D eigenvalue weighted by Gasteiger charge is 2.13. The highest BCUT2D eigenvalue weighted by molar-refractivity contribution is 5.78. The molecular weight excluding hydrogens is 328 g/mol. The molecule has 2 aromatic rings. The number of amides is 1. The fourth-order valence-electron chi connectivity index (χ4n) is 3.34. The molecule has 0 saturated carbocycles. The maximum absolute atomic E-state index is 12.2. The van der Waals surface area contributed by atoms with Crippen LogP contribution in [0.4, 0.5) is 0 Å². The number of likely N-dealkylation sites (tertiary alicyclic amines) is 1. The molecule has 0 atom stereocenters. The van der Waals surface area contributed by atoms with E-state index in [2.05, 4.69) is 44.5 Å². The number of hydrogen-bond acceptors (Lipinski definition) is 4. The highest BCUT2D eigenvalue weighted by Crippen LogP contribution is 2.13. The normalized spacial score (nSPS) is 14.5. The highest BCUT2D eigenvalue weighted by atomic mass is 16.2. The molecule has 1 aliphatic heterocycles. The van der Waals surface area contributed by atoms with Gasteiger partial charge in [0.2, 0.25) is 5.91 Å². The largest absolute Gasteiger partial charge is 0.352 e. The van der Waals surface area contributed by atoms with Gasteiger partial charge in [-0.3, -0.25) is 14.5 Å². The van der Waals surface area contributed by atoms with Gasteiger partial charge >= 0.3 is 0 Å². The predicted molar refractivity (Wildman–Crippen MR) is 101 cm³/mol. The lowest BCUT2D eigenvalue weighted by molar-refractivity contribution is -0.120. The summed E-state index contributed by atoms with van der Waals surface area (Å²) in [4.78, 5) is 33.5. The minimum Gasteiger partial charge on any atom is -0.352 e. The van der Waals surface area contributed by atoms with Gasteiger partial charge in [-0.1, -0.05) is 24.3 Å². The van der Waals surface area contributed by atoms with Crippen molar-refractivity contribution in [3.8, 4) is 0 Å². The van der Waals surface area contributed by atoms with Crippen molar-refractivity contribution < 1.29 is 4.79 Å². The van der Waals surface area contributed by atoms with Crippen LogP contribution < -0.4 is 10.9 Å². The number of aromatic nitrogens is 2. The molecule has 1 amide bonds. The fourth-order valence-corrected chi connectivity index (χ4v) is 3.34. The molecule has 0 unspecified atom stereocenters. The summed E-state index contributed by atoms with van der Waals surface area (Å²) in [6.07, 6.45) is 2.63. The SMILES string of the molecule is Cc1nc(C)c(CC(=O)NCc2ccc(CN3CCCC3)cc2)c(=O)[nH]1. The molecule has 1 aliphatic rings. The minimum absolute atomic E-state index is 0.0431. The van der Waals surface area contributed by atoms with E-state index in [4.69, 9.17) is 0 Å². The van der Waals surface area contributed by atoms with Crippen molar-refractivity contribution in [1.82, 2.24) is 20.2 Å². The van der Waals surface area contributed by atoms with Gasteiger partial charge in [-0.25, -0.2) is 4.98 Å². The molecule has 1 fully saturated rings. The number of carbonyl (C=O) groups is 1. The Bertz CT molecular complexity index is 821. The fraction of sp³-hybridized carbons (Fsp3) is 0.450. The maximum atomic E-state index is 12.2. The summed E-state index contributed by atoms with van der Waals surface area (Å²) in [5.41, 5.74) is 3.14. The number of carbonyl (C=O) groups excluding carboxylic acids is 1. The number of aromatic amines is 1. The van der Waals surface area contributed by atoms with Crippen LogP contribution in [-0.2, 0) is 24.3 Å². The van der Waals surface area contributed by atoms with Gasteiger partial charge in [-0.05, 0) is 50.9 Å². The summed E-state index contributed by atoms with van der Waals surface area (Å²) in [5, 5.41) is 2.88. The van der Waals surface area contributed by atoms with Gasteiger partial charge in [-0.15, -0.1) is 0 Å². The Balaban J connectivity index is 1.52. The number of nitrogens with one attached hydrogen (secondary N) is 2. The number of hydrogen-bond donors (Lipinski definition) is 2. The summed E-state index contributed by atoms with van der Waals surface area (Å²) >= 11 is 0. The van der Waals surface area contributed by atoms with Crippen molar-refractivity contribution in [2.24, 2.45) is 0 Å². The number of H-pyrrole nitrogens is 1. The van der Waals surface area contributed by atoms with Crippen LogP contribution in [-0.4, -0.2) is 33.9 Å². The Morgan fingerprint density at radius 1 is 1.15 bits per heavy atom. The zero-order valence-corrected chi connectivity index (χ0v) is 15.5. The van der Waals surface area contributed by atoms with Crippen molar-refractivity contribution in [3.63, 3.8) is 0 Å². The molecule has 1 saturated heterocycles. The van der Waals surface area contributed by atoms with Gasteiger partial charge in [-0.2, -0.15) is 0 Å². The Hall–Kier alpha value is -2.47. The van der Waals surface area contributed by atoms with Gasteiger partial charge in [0.25, 0.3) is 5.56 Å². The van der Waals surface area contributed by atoms with Crippen LogP contribution >= 0.6 is 0 Å². The van der Waals surface area contributed by atoms with Gasteiger partial charge in [0.15, 0.2) is 0 Å². The lowest BCUT2D eigenvalue weighted by Gasteiger charge is -2.14. The number of aryl methyl sites for hydroxylation is 2. The van der Waals surface area contributed by atoms with Crippen molar-refractivity contribution in [2.45, 2.75) is 46.2 Å². The first-order valence-corrected chi connectivity index (χ1v) is 9.14. The molecule has 2 N–H and O–H groups in total. The molecule has 0 spiro atoms. The molecule has 6 heteroatoms. The summed E-state index contributed by atoms with van der Waals surface area (Å²) in [6, 6.07) is 8.35. The van der Waals surface area contributed by atoms with Crippen LogP contribution in [0.2, 0.25) is 0 Å². The van der Waals surface area contributed by atoms with E-state index >= 15 is 0 Å². The zero-order valence-electron chi connectivity index (χ0n) is 15.5. The van der Waals surface area contributed by atoms with E-state index < -0.39 is 0 Å². The third kappa shape index (κ3) is 4.79. The first-order valence-electron chi connectivity index (χ1n) is 9.14. The van der Waals surface area contributed by atoms with Crippen molar-refractivity contribution in [3.05, 3.63) is 62.8 Å². The van der Waals surface area contributed by atoms with Gasteiger partial charge in [0, 0.05) is 24.3 Å². The maximum Gasteiger partial charge on any atom is 0.254 e. The van der Waals surface area contributed by atoms with E-state index in [0.29, 0.717) is 23.6 Å². The number of nitrogens with zero attached hydrogens (tertiary/aromatic N) is 2. The average Bonchev–Trinajstić information content (AvgIpc) is 3.10. The van der Waals surface area contributed by atoms with Crippen LogP contribution in [0, 0.1) is 13.8 Å². The lowest BCUT2D eigenvalue weighted by atomic mass is 10.1. The van der Waals surface area contributed by atoms with E-state index in [1.165, 1.54) is 31.5 Å². The number of benzene rings is 1. The molecule has 0 radical (unpaired) electrons. The smallest absolute Gasteiger partial charge is 0.254 e. The van der Waals surface area contributed by atoms with Crippen LogP contribution in [0.5, 0.6) is 0 Å². The van der Waals surface area contributed by atoms with Crippen LogP contribution in [0.25, 0.3) is 0 Å². The quantitative estimate of drug-likeness (QED) is 0.830. The lowest BCUT2D eigenvalue weighted by Crippen LogP contribution is -2.29. The molecule has 26 heavy (non-hydrogen) atoms. The van der Waals surface area contributed by atoms with Crippen molar-refractivity contribution in [1.29, 1.82) is 0 Å². The molecule has 6 nitrogen and oxygen atoms in total. The van der Waals surface area contributed by atoms with E-state index in [-0.39, 0.29) is 17.9 Å². The summed E-state index contributed by atoms with van der Waals surface area (Å²) < 4.78 is 0. The zero-order chi connectivity index (χ0) is 18.5. The third-order valence-corrected chi connectivity index (χ3v) is 4.80. The second kappa shape index (κ2) is 8.27. The third-order valence-electron chi connectivity index (χ3n) is 4.80. The van der Waals surface area contributed by atoms with Gasteiger partial charge < -0.3 is 10.3 Å². The van der Waals surface area contributed by atoms with Crippen molar-refractivity contribution >= 4 is 5.91 Å². The second-order valence-electron chi connectivity index (χ2n) is 6.97. The summed E-state index contributed by atoms with van der Waals surface area (Å²) in [7, 11) is 0. The van der Waals surface area contributed by atoms with Crippen LogP contribution in [0.15, 0.2) is 29.1 Å². The van der Waals surface area contributed by atoms with E-state index in [0.717, 1.165) is 12.1 Å². The Morgan fingerprint density at radius 2 is 1.81 bits per heavy atom. The van der Waals surface area contributed by atoms with E-state index in [1.54, 1.807) is 13.8 Å². The topological polar surface area (TPSA) is 78.1 Å². The standard InChI is InChI=1S/C20H26N4O2/c1-14-18(20(26)23-15(2)22-14)11-19(25)21-12-16-5-7-17(8-6-16)13-24-9-3-4-10-24/h5-8H,3-4,9-13H2,1-2H3,(H,21,25)(H,22,23,26). The average molecular weight is 354 g/mol. The Labute approximate surface area is 153 Å². The molecule has 0 aliphatic carbocycles. The Morgan fingerprint density at radius 3 is 2.46 bits per heavy atom. The van der Waals surface area contributed by atoms with Crippen LogP contribution in [0.1, 0.15) is 41.1 Å². The van der Waals surface area contributed by atoms with Crippen molar-refractivity contribution in [2.75, 3.05) is 13.1 Å². The summed E-state index contributed by atoms with van der Waals surface area (Å²) in [6.45, 7) is 7.30. The van der Waals surface area contributed by atoms with E-state index in [1.807, 2.05) is 0 Å². The molecular formula is C20H26N4O2. The molecule has 3 rings (SSSR count). The first kappa shape index (κ1) is 18.3. The first-order chi connectivity index (χ1) is 12.5. The second-order valence-corrected chi connectivity index (χ2v) is 6.97. The molecule has 2 heterocycles. The summed E-state index contributed by atoms with van der Waals surface area (Å²) in [5.74, 6) is 0.385. The van der Waals surface area contributed by atoms with Gasteiger partial charge in [0.05, 0.1) is 6.42 Å². The van der Waals surface area contributed by atoms with Crippen LogP contribution in [0.3, 0.4) is 0 Å². The molecule has 1 aromatic heterocycles. The molecule has 0 bridgehead atoms. The Kier molecular flexibility index (Phi) is 5.83. The molecule has 1 aromatic carbocycles. The van der Waals surface area contributed by atoms with E-state index in [9.17, 15) is 9.59 Å². The predicted octanol–water partition coefficient (Wildman–Crippen LogP) is 1.84. The minimum atomic E-state index is -0.239. The van der Waals surface area contributed by atoms with Gasteiger partial charge in [0.1, 0.15) is 5.82 Å². The molecule has 138 valence electrons.